The van der Waals surface area contributed by atoms with Crippen LogP contribution >= 0.6 is 0 Å². The molecule has 1 aliphatic rings. The van der Waals surface area contributed by atoms with Crippen LogP contribution in [-0.4, -0.2) is 0 Å². The van der Waals surface area contributed by atoms with Crippen LogP contribution in [0.5, 0.6) is 0 Å². The Morgan fingerprint density at radius 3 is 2.73 bits per heavy atom. The highest BCUT2D eigenvalue weighted by Gasteiger charge is 2.22. The van der Waals surface area contributed by atoms with Crippen LogP contribution in [0.4, 0.5) is 0 Å². The maximum absolute atomic E-state index is 2.44. The predicted octanol–water partition coefficient (Wildman–Crippen LogP) is 3.92. The Hall–Kier alpha value is -0.260. The molecule has 0 saturated heterocycles. The molecule has 1 unspecified atom stereocenters. The number of unbranched alkanes of at least 4 members (excludes halogenated alkanes) is 1. The molecule has 11 heavy (non-hydrogen) atoms. The minimum atomic E-state index is 0.644. The maximum Gasteiger partial charge on any atom is -0.0288 e. The van der Waals surface area contributed by atoms with E-state index < -0.39 is 0 Å². The van der Waals surface area contributed by atoms with Gasteiger partial charge in [0.2, 0.25) is 0 Å². The highest BCUT2D eigenvalue weighted by atomic mass is 14.3. The van der Waals surface area contributed by atoms with E-state index >= 15 is 0 Å². The van der Waals surface area contributed by atoms with E-state index in [4.69, 9.17) is 0 Å². The van der Waals surface area contributed by atoms with E-state index in [0.717, 1.165) is 0 Å². The molecule has 0 nitrogen and oxygen atoms in total. The zero-order chi connectivity index (χ0) is 8.16. The van der Waals surface area contributed by atoms with Crippen molar-refractivity contribution in [3.05, 3.63) is 12.2 Å². The van der Waals surface area contributed by atoms with Crippen LogP contribution in [0, 0.1) is 5.41 Å². The molecule has 0 heteroatoms. The van der Waals surface area contributed by atoms with Crippen LogP contribution in [-0.2, 0) is 0 Å². The van der Waals surface area contributed by atoms with E-state index in [9.17, 15) is 0 Å². The molecular formula is C11H20. The second-order valence-corrected chi connectivity index (χ2v) is 4.13. The predicted molar refractivity (Wildman–Crippen MR) is 50.6 cm³/mol. The van der Waals surface area contributed by atoms with Crippen molar-refractivity contribution >= 4 is 0 Å². The molecule has 0 bridgehead atoms. The molecule has 0 aromatic carbocycles. The van der Waals surface area contributed by atoms with Crippen molar-refractivity contribution in [1.82, 2.24) is 0 Å². The first-order valence-electron chi connectivity index (χ1n) is 4.92. The topological polar surface area (TPSA) is 0 Å². The SMILES string of the molecule is CCCCC1(C)CC=CCC1. The van der Waals surface area contributed by atoms with Gasteiger partial charge in [-0.05, 0) is 31.1 Å². The lowest BCUT2D eigenvalue weighted by atomic mass is 9.75. The van der Waals surface area contributed by atoms with Gasteiger partial charge in [-0.2, -0.15) is 0 Å². The second-order valence-electron chi connectivity index (χ2n) is 4.13. The standard InChI is InChI=1S/C11H20/c1-3-4-8-11(2)9-6-5-7-10-11/h5-6H,3-4,7-10H2,1-2H3. The van der Waals surface area contributed by atoms with Crippen LogP contribution in [0.3, 0.4) is 0 Å². The molecule has 0 spiro atoms. The average Bonchev–Trinajstić information content (AvgIpc) is 2.03. The highest BCUT2D eigenvalue weighted by Crippen LogP contribution is 2.36. The van der Waals surface area contributed by atoms with Gasteiger partial charge in [-0.1, -0.05) is 38.8 Å². The molecule has 0 aromatic rings. The molecule has 64 valence electrons. The highest BCUT2D eigenvalue weighted by molar-refractivity contribution is 4.95. The smallest absolute Gasteiger partial charge is 0.0288 e. The van der Waals surface area contributed by atoms with Crippen molar-refractivity contribution in [3.63, 3.8) is 0 Å². The summed E-state index contributed by atoms with van der Waals surface area (Å²) in [5.41, 5.74) is 0.644. The van der Waals surface area contributed by atoms with Gasteiger partial charge in [-0.15, -0.1) is 0 Å². The van der Waals surface area contributed by atoms with Crippen molar-refractivity contribution in [3.8, 4) is 0 Å². The van der Waals surface area contributed by atoms with Crippen LogP contribution in [0.15, 0.2) is 12.2 Å². The number of rotatable bonds is 3. The maximum atomic E-state index is 2.44. The first-order chi connectivity index (χ1) is 5.27. The fourth-order valence-corrected chi connectivity index (χ4v) is 1.85. The summed E-state index contributed by atoms with van der Waals surface area (Å²) in [6, 6.07) is 0. The fourth-order valence-electron chi connectivity index (χ4n) is 1.85. The normalized spacial score (nSPS) is 30.7. The summed E-state index contributed by atoms with van der Waals surface area (Å²) >= 11 is 0. The summed E-state index contributed by atoms with van der Waals surface area (Å²) in [6.07, 6.45) is 12.9. The van der Waals surface area contributed by atoms with Gasteiger partial charge in [-0.25, -0.2) is 0 Å². The van der Waals surface area contributed by atoms with Gasteiger partial charge >= 0.3 is 0 Å². The second kappa shape index (κ2) is 3.94. The summed E-state index contributed by atoms with van der Waals surface area (Å²) in [5, 5.41) is 0. The summed E-state index contributed by atoms with van der Waals surface area (Å²) in [7, 11) is 0. The van der Waals surface area contributed by atoms with E-state index in [0.29, 0.717) is 5.41 Å². The Kier molecular flexibility index (Phi) is 3.16. The third kappa shape index (κ3) is 2.69. The monoisotopic (exact) mass is 152 g/mol. The Morgan fingerprint density at radius 2 is 2.18 bits per heavy atom. The molecule has 0 aromatic heterocycles. The van der Waals surface area contributed by atoms with Crippen molar-refractivity contribution in [2.24, 2.45) is 5.41 Å². The van der Waals surface area contributed by atoms with Crippen molar-refractivity contribution in [2.75, 3.05) is 0 Å². The van der Waals surface area contributed by atoms with Crippen LogP contribution in [0.1, 0.15) is 52.4 Å². The summed E-state index contributed by atoms with van der Waals surface area (Å²) in [6.45, 7) is 4.72. The van der Waals surface area contributed by atoms with Gasteiger partial charge in [0.15, 0.2) is 0 Å². The van der Waals surface area contributed by atoms with Gasteiger partial charge in [-0.3, -0.25) is 0 Å². The molecule has 0 saturated carbocycles. The van der Waals surface area contributed by atoms with Crippen molar-refractivity contribution in [2.45, 2.75) is 52.4 Å². The zero-order valence-corrected chi connectivity index (χ0v) is 7.90. The zero-order valence-electron chi connectivity index (χ0n) is 7.90. The molecule has 0 radical (unpaired) electrons. The van der Waals surface area contributed by atoms with Crippen LogP contribution in [0.25, 0.3) is 0 Å². The van der Waals surface area contributed by atoms with E-state index in [2.05, 4.69) is 26.0 Å². The molecule has 0 aliphatic heterocycles. The summed E-state index contributed by atoms with van der Waals surface area (Å²) < 4.78 is 0. The van der Waals surface area contributed by atoms with Crippen molar-refractivity contribution in [1.29, 1.82) is 0 Å². The van der Waals surface area contributed by atoms with Crippen LogP contribution < -0.4 is 0 Å². The van der Waals surface area contributed by atoms with Gasteiger partial charge < -0.3 is 0 Å². The first-order valence-corrected chi connectivity index (χ1v) is 4.92. The van der Waals surface area contributed by atoms with Gasteiger partial charge in [0.25, 0.3) is 0 Å². The number of hydrogen-bond donors (Lipinski definition) is 0. The lowest BCUT2D eigenvalue weighted by molar-refractivity contribution is 0.260. The molecule has 0 N–H and O–H groups in total. The van der Waals surface area contributed by atoms with Gasteiger partial charge in [0.05, 0.1) is 0 Å². The number of hydrogen-bond acceptors (Lipinski definition) is 0. The Labute approximate surface area is 70.7 Å². The summed E-state index contributed by atoms with van der Waals surface area (Å²) in [5.74, 6) is 0. The van der Waals surface area contributed by atoms with E-state index in [1.54, 1.807) is 0 Å². The van der Waals surface area contributed by atoms with E-state index in [1.165, 1.54) is 38.5 Å². The lowest BCUT2D eigenvalue weighted by Crippen LogP contribution is -2.17. The third-order valence-corrected chi connectivity index (χ3v) is 2.83. The van der Waals surface area contributed by atoms with Gasteiger partial charge in [0, 0.05) is 0 Å². The molecular weight excluding hydrogens is 132 g/mol. The molecule has 1 rings (SSSR count). The third-order valence-electron chi connectivity index (χ3n) is 2.83. The average molecular weight is 152 g/mol. The Balaban J connectivity index is 2.33. The Bertz CT molecular complexity index is 135. The Morgan fingerprint density at radius 1 is 1.36 bits per heavy atom. The van der Waals surface area contributed by atoms with E-state index in [1.807, 2.05) is 0 Å². The van der Waals surface area contributed by atoms with Gasteiger partial charge in [0.1, 0.15) is 0 Å². The number of allylic oxidation sites excluding steroid dienone is 2. The summed E-state index contributed by atoms with van der Waals surface area (Å²) in [4.78, 5) is 0. The molecule has 0 fully saturated rings. The van der Waals surface area contributed by atoms with Crippen molar-refractivity contribution < 1.29 is 0 Å². The molecule has 1 aliphatic carbocycles. The molecule has 0 heterocycles. The molecule has 0 amide bonds. The minimum absolute atomic E-state index is 0.644. The van der Waals surface area contributed by atoms with E-state index in [-0.39, 0.29) is 0 Å². The first kappa shape index (κ1) is 8.83. The minimum Gasteiger partial charge on any atom is -0.0885 e. The lowest BCUT2D eigenvalue weighted by Gasteiger charge is -2.30. The fraction of sp³-hybridized carbons (Fsp3) is 0.818. The largest absolute Gasteiger partial charge is 0.0885 e. The quantitative estimate of drug-likeness (QED) is 0.538. The van der Waals surface area contributed by atoms with Crippen LogP contribution in [0.2, 0.25) is 0 Å². The molecule has 1 atom stereocenters.